The van der Waals surface area contributed by atoms with Gasteiger partial charge in [-0.05, 0) is 23.6 Å². The SMILES string of the molecule is O=Cc1cccc(S/C=C\C=C\O)c1. The van der Waals surface area contributed by atoms with Gasteiger partial charge in [0.05, 0.1) is 6.26 Å². The molecule has 0 saturated heterocycles. The summed E-state index contributed by atoms with van der Waals surface area (Å²) in [6, 6.07) is 7.32. The summed E-state index contributed by atoms with van der Waals surface area (Å²) in [5.74, 6) is 0. The molecule has 3 heteroatoms. The molecule has 14 heavy (non-hydrogen) atoms. The molecule has 2 nitrogen and oxygen atoms in total. The van der Waals surface area contributed by atoms with Crippen molar-refractivity contribution < 1.29 is 9.90 Å². The second-order valence-corrected chi connectivity index (χ2v) is 3.46. The molecule has 0 radical (unpaired) electrons. The number of benzene rings is 1. The maximum Gasteiger partial charge on any atom is 0.150 e. The van der Waals surface area contributed by atoms with Crippen molar-refractivity contribution >= 4 is 18.0 Å². The first-order valence-electron chi connectivity index (χ1n) is 4.04. The molecule has 0 saturated carbocycles. The molecule has 1 rings (SSSR count). The summed E-state index contributed by atoms with van der Waals surface area (Å²) in [5.41, 5.74) is 0.668. The van der Waals surface area contributed by atoms with Gasteiger partial charge in [-0.1, -0.05) is 30.0 Å². The maximum atomic E-state index is 10.5. The van der Waals surface area contributed by atoms with E-state index in [9.17, 15) is 4.79 Å². The number of aliphatic hydroxyl groups is 1. The lowest BCUT2D eigenvalue weighted by Gasteiger charge is -1.95. The van der Waals surface area contributed by atoms with Gasteiger partial charge in [-0.2, -0.15) is 0 Å². The Morgan fingerprint density at radius 2 is 2.14 bits per heavy atom. The van der Waals surface area contributed by atoms with Crippen molar-refractivity contribution in [3.8, 4) is 0 Å². The highest BCUT2D eigenvalue weighted by Gasteiger charge is 1.92. The van der Waals surface area contributed by atoms with Crippen LogP contribution in [0.3, 0.4) is 0 Å². The van der Waals surface area contributed by atoms with Gasteiger partial charge in [0.1, 0.15) is 6.29 Å². The van der Waals surface area contributed by atoms with Crippen LogP contribution < -0.4 is 0 Å². The Bertz CT molecular complexity index is 356. The van der Waals surface area contributed by atoms with Gasteiger partial charge in [0.2, 0.25) is 0 Å². The minimum atomic E-state index is 0.668. The first kappa shape index (κ1) is 10.6. The highest BCUT2D eigenvalue weighted by Crippen LogP contribution is 2.19. The lowest BCUT2D eigenvalue weighted by atomic mass is 10.2. The lowest BCUT2D eigenvalue weighted by molar-refractivity contribution is 0.112. The summed E-state index contributed by atoms with van der Waals surface area (Å²) in [4.78, 5) is 11.5. The Hall–Kier alpha value is -1.48. The van der Waals surface area contributed by atoms with E-state index < -0.39 is 0 Å². The standard InChI is InChI=1S/C11H10O2S/c12-6-1-2-7-14-11-5-3-4-10(8-11)9-13/h1-9,12H/b6-1+,7-2-. The number of allylic oxidation sites excluding steroid dienone is 2. The average molecular weight is 206 g/mol. The number of carbonyl (C=O) groups excluding carboxylic acids is 1. The van der Waals surface area contributed by atoms with E-state index in [2.05, 4.69) is 0 Å². The second-order valence-electron chi connectivity index (χ2n) is 2.48. The second kappa shape index (κ2) is 6.05. The topological polar surface area (TPSA) is 37.3 Å². The van der Waals surface area contributed by atoms with E-state index in [1.807, 2.05) is 23.6 Å². The number of hydrogen-bond donors (Lipinski definition) is 1. The fourth-order valence-electron chi connectivity index (χ4n) is 0.874. The van der Waals surface area contributed by atoms with Crippen molar-refractivity contribution in [2.75, 3.05) is 0 Å². The Balaban J connectivity index is 2.62. The van der Waals surface area contributed by atoms with Crippen molar-refractivity contribution in [3.63, 3.8) is 0 Å². The summed E-state index contributed by atoms with van der Waals surface area (Å²) < 4.78 is 0. The van der Waals surface area contributed by atoms with Crippen LogP contribution in [0.15, 0.2) is 53.0 Å². The van der Waals surface area contributed by atoms with Crippen LogP contribution in [-0.2, 0) is 0 Å². The Morgan fingerprint density at radius 3 is 2.86 bits per heavy atom. The summed E-state index contributed by atoms with van der Waals surface area (Å²) in [5, 5.41) is 10.2. The monoisotopic (exact) mass is 206 g/mol. The summed E-state index contributed by atoms with van der Waals surface area (Å²) in [6.07, 6.45) is 5.04. The Morgan fingerprint density at radius 1 is 1.29 bits per heavy atom. The average Bonchev–Trinajstić information content (AvgIpc) is 2.25. The van der Waals surface area contributed by atoms with Crippen LogP contribution in [0.5, 0.6) is 0 Å². The first-order valence-corrected chi connectivity index (χ1v) is 4.92. The van der Waals surface area contributed by atoms with Gasteiger partial charge in [-0.3, -0.25) is 4.79 Å². The van der Waals surface area contributed by atoms with Crippen LogP contribution in [0, 0.1) is 0 Å². The van der Waals surface area contributed by atoms with Crippen LogP contribution in [0.4, 0.5) is 0 Å². The molecule has 0 aliphatic rings. The molecular weight excluding hydrogens is 196 g/mol. The molecule has 0 bridgehead atoms. The van der Waals surface area contributed by atoms with E-state index in [1.165, 1.54) is 17.8 Å². The molecule has 1 N–H and O–H groups in total. The van der Waals surface area contributed by atoms with Crippen LogP contribution in [0.25, 0.3) is 0 Å². The number of hydrogen-bond acceptors (Lipinski definition) is 3. The predicted octanol–water partition coefficient (Wildman–Crippen LogP) is 3.18. The molecule has 1 aromatic rings. The Labute approximate surface area is 87.0 Å². The molecular formula is C11H10O2S. The molecule has 0 aliphatic heterocycles. The van der Waals surface area contributed by atoms with Crippen molar-refractivity contribution in [2.24, 2.45) is 0 Å². The van der Waals surface area contributed by atoms with Crippen LogP contribution >= 0.6 is 11.8 Å². The number of aliphatic hydroxyl groups excluding tert-OH is 1. The van der Waals surface area contributed by atoms with Crippen molar-refractivity contribution in [3.05, 3.63) is 53.7 Å². The highest BCUT2D eigenvalue weighted by molar-refractivity contribution is 8.02. The molecule has 0 fully saturated rings. The molecule has 72 valence electrons. The zero-order valence-electron chi connectivity index (χ0n) is 7.46. The third-order valence-electron chi connectivity index (χ3n) is 1.47. The molecule has 0 spiro atoms. The van der Waals surface area contributed by atoms with Gasteiger partial charge in [0, 0.05) is 10.5 Å². The summed E-state index contributed by atoms with van der Waals surface area (Å²) in [6.45, 7) is 0. The number of rotatable bonds is 4. The third-order valence-corrected chi connectivity index (χ3v) is 2.29. The maximum absolute atomic E-state index is 10.5. The van der Waals surface area contributed by atoms with Gasteiger partial charge >= 0.3 is 0 Å². The predicted molar refractivity (Wildman–Crippen MR) is 58.6 cm³/mol. The van der Waals surface area contributed by atoms with Gasteiger partial charge in [-0.15, -0.1) is 0 Å². The van der Waals surface area contributed by atoms with E-state index in [1.54, 1.807) is 12.1 Å². The van der Waals surface area contributed by atoms with E-state index in [4.69, 9.17) is 5.11 Å². The van der Waals surface area contributed by atoms with Crippen molar-refractivity contribution in [1.82, 2.24) is 0 Å². The smallest absolute Gasteiger partial charge is 0.150 e. The normalized spacial score (nSPS) is 11.1. The summed E-state index contributed by atoms with van der Waals surface area (Å²) >= 11 is 1.49. The highest BCUT2D eigenvalue weighted by atomic mass is 32.2. The first-order chi connectivity index (χ1) is 6.86. The zero-order chi connectivity index (χ0) is 10.2. The van der Waals surface area contributed by atoms with Gasteiger partial charge in [-0.25, -0.2) is 0 Å². The Kier molecular flexibility index (Phi) is 4.58. The molecule has 0 aromatic heterocycles. The molecule has 0 heterocycles. The minimum absolute atomic E-state index is 0.668. The van der Waals surface area contributed by atoms with E-state index >= 15 is 0 Å². The number of aldehydes is 1. The largest absolute Gasteiger partial charge is 0.516 e. The fraction of sp³-hybridized carbons (Fsp3) is 0. The number of carbonyl (C=O) groups is 1. The van der Waals surface area contributed by atoms with E-state index in [0.717, 1.165) is 17.4 Å². The van der Waals surface area contributed by atoms with E-state index in [0.29, 0.717) is 5.56 Å². The van der Waals surface area contributed by atoms with Crippen LogP contribution in [0.2, 0.25) is 0 Å². The quantitative estimate of drug-likeness (QED) is 0.356. The number of thioether (sulfide) groups is 1. The van der Waals surface area contributed by atoms with E-state index in [-0.39, 0.29) is 0 Å². The van der Waals surface area contributed by atoms with Gasteiger partial charge < -0.3 is 5.11 Å². The fourth-order valence-corrected chi connectivity index (χ4v) is 1.56. The molecule has 1 aromatic carbocycles. The van der Waals surface area contributed by atoms with Crippen molar-refractivity contribution in [1.29, 1.82) is 0 Å². The van der Waals surface area contributed by atoms with Crippen LogP contribution in [0.1, 0.15) is 10.4 Å². The summed E-state index contributed by atoms with van der Waals surface area (Å²) in [7, 11) is 0. The molecule has 0 amide bonds. The lowest BCUT2D eigenvalue weighted by Crippen LogP contribution is -1.77. The zero-order valence-corrected chi connectivity index (χ0v) is 8.28. The third kappa shape index (κ3) is 3.49. The molecule has 0 unspecified atom stereocenters. The van der Waals surface area contributed by atoms with Crippen LogP contribution in [-0.4, -0.2) is 11.4 Å². The van der Waals surface area contributed by atoms with Gasteiger partial charge in [0.15, 0.2) is 0 Å². The minimum Gasteiger partial charge on any atom is -0.516 e. The molecule has 0 atom stereocenters. The molecule has 0 aliphatic carbocycles. The van der Waals surface area contributed by atoms with Crippen molar-refractivity contribution in [2.45, 2.75) is 4.90 Å². The van der Waals surface area contributed by atoms with Gasteiger partial charge in [0.25, 0.3) is 0 Å².